The number of carbonyl (C=O) groups is 2. The lowest BCUT2D eigenvalue weighted by Crippen LogP contribution is -2.34. The molecule has 0 saturated carbocycles. The van der Waals surface area contributed by atoms with Crippen molar-refractivity contribution in [1.29, 1.82) is 5.26 Å². The number of anilines is 1. The highest BCUT2D eigenvalue weighted by molar-refractivity contribution is 8.01. The van der Waals surface area contributed by atoms with Gasteiger partial charge in [0.15, 0.2) is 0 Å². The van der Waals surface area contributed by atoms with E-state index < -0.39 is 5.25 Å². The van der Waals surface area contributed by atoms with Crippen LogP contribution in [-0.4, -0.2) is 36.5 Å². The summed E-state index contributed by atoms with van der Waals surface area (Å²) in [5.74, 6) is -0.403. The topological polar surface area (TPSA) is 70.4 Å². The Morgan fingerprint density at radius 1 is 1.48 bits per heavy atom. The van der Waals surface area contributed by atoms with Gasteiger partial charge in [-0.05, 0) is 37.6 Å². The van der Waals surface area contributed by atoms with E-state index in [0.717, 1.165) is 5.56 Å². The monoisotopic (exact) mass is 354 g/mol. The van der Waals surface area contributed by atoms with Crippen LogP contribution < -0.4 is 4.90 Å². The Bertz CT molecular complexity index is 616. The lowest BCUT2D eigenvalue weighted by Gasteiger charge is -2.23. The zero-order valence-electron chi connectivity index (χ0n) is 13.3. The number of benzene rings is 1. The molecule has 0 bridgehead atoms. The molecule has 0 saturated heterocycles. The lowest BCUT2D eigenvalue weighted by atomic mass is 10.2. The fourth-order valence-corrected chi connectivity index (χ4v) is 2.76. The van der Waals surface area contributed by atoms with E-state index in [1.807, 2.05) is 19.1 Å². The van der Waals surface area contributed by atoms with Crippen molar-refractivity contribution in [1.82, 2.24) is 0 Å². The van der Waals surface area contributed by atoms with Gasteiger partial charge in [-0.25, -0.2) is 0 Å². The number of amides is 1. The average Bonchev–Trinajstić information content (AvgIpc) is 2.55. The molecule has 1 aromatic carbocycles. The fourth-order valence-electron chi connectivity index (χ4n) is 1.86. The third kappa shape index (κ3) is 5.77. The average molecular weight is 355 g/mol. The second-order valence-corrected chi connectivity index (χ2v) is 6.60. The number of methoxy groups -OCH3 is 1. The van der Waals surface area contributed by atoms with Gasteiger partial charge in [0.25, 0.3) is 0 Å². The smallest absolute Gasteiger partial charge is 0.318 e. The number of hydrogen-bond acceptors (Lipinski definition) is 5. The molecular weight excluding hydrogens is 336 g/mol. The van der Waals surface area contributed by atoms with E-state index in [2.05, 4.69) is 4.74 Å². The van der Waals surface area contributed by atoms with Gasteiger partial charge in [0.05, 0.1) is 25.4 Å². The van der Waals surface area contributed by atoms with E-state index in [0.29, 0.717) is 17.3 Å². The molecule has 23 heavy (non-hydrogen) atoms. The molecule has 124 valence electrons. The molecule has 0 N–H and O–H groups in total. The van der Waals surface area contributed by atoms with Crippen LogP contribution in [0.2, 0.25) is 5.02 Å². The third-order valence-corrected chi connectivity index (χ3v) is 4.72. The van der Waals surface area contributed by atoms with Crippen LogP contribution in [0.3, 0.4) is 0 Å². The number of carbonyl (C=O) groups excluding carboxylic acids is 2. The number of nitrogens with zero attached hydrogens (tertiary/aromatic N) is 2. The van der Waals surface area contributed by atoms with Crippen molar-refractivity contribution >= 4 is 40.9 Å². The van der Waals surface area contributed by atoms with Gasteiger partial charge >= 0.3 is 5.97 Å². The Balaban J connectivity index is 2.84. The van der Waals surface area contributed by atoms with Gasteiger partial charge in [0.2, 0.25) is 5.91 Å². The quantitative estimate of drug-likeness (QED) is 0.703. The number of rotatable bonds is 7. The molecule has 1 rings (SSSR count). The van der Waals surface area contributed by atoms with E-state index in [1.54, 1.807) is 24.0 Å². The minimum atomic E-state index is -0.422. The Morgan fingerprint density at radius 3 is 2.74 bits per heavy atom. The van der Waals surface area contributed by atoms with Crippen molar-refractivity contribution in [2.75, 3.05) is 24.3 Å². The zero-order chi connectivity index (χ0) is 17.4. The number of thioether (sulfide) groups is 1. The Morgan fingerprint density at radius 2 is 2.17 bits per heavy atom. The standard InChI is InChI=1S/C16H19ClN2O3S/c1-11-9-13(5-6-14(11)17)19(8-4-7-18)15(20)10-23-12(2)16(21)22-3/h5-6,9,12H,4,8,10H2,1-3H3. The molecule has 0 aliphatic rings. The Labute approximate surface area is 145 Å². The molecular formula is C16H19ClN2O3S. The van der Waals surface area contributed by atoms with E-state index >= 15 is 0 Å². The maximum atomic E-state index is 12.5. The second kappa shape index (κ2) is 9.43. The molecule has 0 radical (unpaired) electrons. The van der Waals surface area contributed by atoms with Gasteiger partial charge in [0, 0.05) is 17.3 Å². The second-order valence-electron chi connectivity index (χ2n) is 4.86. The zero-order valence-corrected chi connectivity index (χ0v) is 14.9. The van der Waals surface area contributed by atoms with Gasteiger partial charge in [-0.15, -0.1) is 11.8 Å². The van der Waals surface area contributed by atoms with Gasteiger partial charge in [-0.1, -0.05) is 11.6 Å². The van der Waals surface area contributed by atoms with E-state index in [1.165, 1.54) is 18.9 Å². The summed E-state index contributed by atoms with van der Waals surface area (Å²) < 4.78 is 4.64. The minimum absolute atomic E-state index is 0.128. The van der Waals surface area contributed by atoms with Crippen LogP contribution in [0.1, 0.15) is 18.9 Å². The number of halogens is 1. The molecule has 0 heterocycles. The first-order valence-electron chi connectivity index (χ1n) is 7.03. The van der Waals surface area contributed by atoms with Crippen molar-refractivity contribution in [3.63, 3.8) is 0 Å². The normalized spacial score (nSPS) is 11.4. The molecule has 0 aromatic heterocycles. The van der Waals surface area contributed by atoms with Gasteiger partial charge < -0.3 is 9.64 Å². The molecule has 0 aliphatic carbocycles. The van der Waals surface area contributed by atoms with Crippen molar-refractivity contribution in [2.24, 2.45) is 0 Å². The number of hydrogen-bond donors (Lipinski definition) is 0. The first-order chi connectivity index (χ1) is 10.9. The number of esters is 1. The van der Waals surface area contributed by atoms with Crippen LogP contribution in [0, 0.1) is 18.3 Å². The predicted octanol–water partition coefficient (Wildman–Crippen LogP) is 3.19. The Kier molecular flexibility index (Phi) is 7.93. The van der Waals surface area contributed by atoms with Crippen molar-refractivity contribution in [3.8, 4) is 6.07 Å². The summed E-state index contributed by atoms with van der Waals surface area (Å²) in [7, 11) is 1.32. The highest BCUT2D eigenvalue weighted by Gasteiger charge is 2.20. The molecule has 1 unspecified atom stereocenters. The summed E-state index contributed by atoms with van der Waals surface area (Å²) in [6.07, 6.45) is 0.227. The summed E-state index contributed by atoms with van der Waals surface area (Å²) in [4.78, 5) is 25.4. The van der Waals surface area contributed by atoms with E-state index in [4.69, 9.17) is 16.9 Å². The fraction of sp³-hybridized carbons (Fsp3) is 0.438. The van der Waals surface area contributed by atoms with Gasteiger partial charge in [0.1, 0.15) is 5.25 Å². The molecule has 1 atom stereocenters. The molecule has 1 amide bonds. The summed E-state index contributed by atoms with van der Waals surface area (Å²) in [6.45, 7) is 3.84. The van der Waals surface area contributed by atoms with Crippen molar-refractivity contribution in [2.45, 2.75) is 25.5 Å². The summed E-state index contributed by atoms with van der Waals surface area (Å²) >= 11 is 7.22. The molecule has 0 spiro atoms. The first kappa shape index (κ1) is 19.3. The Hall–Kier alpha value is -1.71. The van der Waals surface area contributed by atoms with Crippen LogP contribution in [-0.2, 0) is 14.3 Å². The van der Waals surface area contributed by atoms with Crippen LogP contribution in [0.4, 0.5) is 5.69 Å². The molecule has 7 heteroatoms. The van der Waals surface area contributed by atoms with E-state index in [9.17, 15) is 9.59 Å². The van der Waals surface area contributed by atoms with Crippen LogP contribution >= 0.6 is 23.4 Å². The van der Waals surface area contributed by atoms with Crippen LogP contribution in [0.15, 0.2) is 18.2 Å². The third-order valence-electron chi connectivity index (χ3n) is 3.19. The largest absolute Gasteiger partial charge is 0.468 e. The molecule has 5 nitrogen and oxygen atoms in total. The maximum absolute atomic E-state index is 12.5. The van der Waals surface area contributed by atoms with Crippen LogP contribution in [0.5, 0.6) is 0 Å². The lowest BCUT2D eigenvalue weighted by molar-refractivity contribution is -0.139. The summed E-state index contributed by atoms with van der Waals surface area (Å²) in [5.41, 5.74) is 1.55. The summed E-state index contributed by atoms with van der Waals surface area (Å²) in [5, 5.41) is 8.99. The van der Waals surface area contributed by atoms with Crippen molar-refractivity contribution < 1.29 is 14.3 Å². The molecule has 0 fully saturated rings. The number of ether oxygens (including phenoxy) is 1. The summed E-state index contributed by atoms with van der Waals surface area (Å²) in [6, 6.07) is 7.33. The van der Waals surface area contributed by atoms with Crippen LogP contribution in [0.25, 0.3) is 0 Å². The highest BCUT2D eigenvalue weighted by atomic mass is 35.5. The minimum Gasteiger partial charge on any atom is -0.468 e. The van der Waals surface area contributed by atoms with Gasteiger partial charge in [-0.2, -0.15) is 5.26 Å². The number of aryl methyl sites for hydroxylation is 1. The van der Waals surface area contributed by atoms with Gasteiger partial charge in [-0.3, -0.25) is 9.59 Å². The number of nitriles is 1. The first-order valence-corrected chi connectivity index (χ1v) is 8.46. The predicted molar refractivity (Wildman–Crippen MR) is 92.7 cm³/mol. The molecule has 0 aliphatic heterocycles. The highest BCUT2D eigenvalue weighted by Crippen LogP contribution is 2.24. The maximum Gasteiger partial charge on any atom is 0.318 e. The van der Waals surface area contributed by atoms with E-state index in [-0.39, 0.29) is 24.1 Å². The molecule has 1 aromatic rings. The van der Waals surface area contributed by atoms with Crippen molar-refractivity contribution in [3.05, 3.63) is 28.8 Å². The SMILES string of the molecule is COC(=O)C(C)SCC(=O)N(CCC#N)c1ccc(Cl)c(C)c1.